The summed E-state index contributed by atoms with van der Waals surface area (Å²) in [6.45, 7) is 12.0. The smallest absolute Gasteiger partial charge is 0.194 e. The van der Waals surface area contributed by atoms with Crippen LogP contribution >= 0.6 is 0 Å². The lowest BCUT2D eigenvalue weighted by Gasteiger charge is -2.17. The maximum Gasteiger partial charge on any atom is 0.194 e. The van der Waals surface area contributed by atoms with Gasteiger partial charge in [-0.05, 0) is 74.9 Å². The summed E-state index contributed by atoms with van der Waals surface area (Å²) in [5, 5.41) is 0. The van der Waals surface area contributed by atoms with Crippen LogP contribution in [0.2, 0.25) is 0 Å². The highest BCUT2D eigenvalue weighted by molar-refractivity contribution is 6.18. The van der Waals surface area contributed by atoms with Gasteiger partial charge in [0.1, 0.15) is 0 Å². The Hall–Kier alpha value is -3.78. The van der Waals surface area contributed by atoms with Gasteiger partial charge in [-0.25, -0.2) is 0 Å². The number of ketones is 2. The van der Waals surface area contributed by atoms with Crippen molar-refractivity contribution in [3.63, 3.8) is 0 Å². The molecule has 34 heavy (non-hydrogen) atoms. The Kier molecular flexibility index (Phi) is 6.34. The minimum atomic E-state index is -0.0180. The second-order valence-corrected chi connectivity index (χ2v) is 9.30. The molecule has 0 bridgehead atoms. The molecule has 2 nitrogen and oxygen atoms in total. The van der Waals surface area contributed by atoms with E-state index in [1.807, 2.05) is 114 Å². The standard InChI is InChI=1S/C32H30O2/c1-19-15-21(3)29(22(4)16-19)31(33)27-13-9-7-11-25(27)26-12-8-10-14-28(26)32(34)30-23(5)17-20(2)18-24(30)6/h7-18H,1-6H3. The van der Waals surface area contributed by atoms with E-state index in [4.69, 9.17) is 0 Å². The first kappa shape index (κ1) is 23.4. The molecule has 0 unspecified atom stereocenters. The van der Waals surface area contributed by atoms with Crippen LogP contribution in [0.15, 0.2) is 72.8 Å². The number of hydrogen-bond donors (Lipinski definition) is 0. The first-order valence-corrected chi connectivity index (χ1v) is 11.6. The van der Waals surface area contributed by atoms with Gasteiger partial charge in [0, 0.05) is 22.3 Å². The van der Waals surface area contributed by atoms with Crippen molar-refractivity contribution in [2.75, 3.05) is 0 Å². The number of benzene rings is 4. The average Bonchev–Trinajstić information content (AvgIpc) is 2.77. The van der Waals surface area contributed by atoms with E-state index in [-0.39, 0.29) is 11.6 Å². The normalized spacial score (nSPS) is 10.9. The summed E-state index contributed by atoms with van der Waals surface area (Å²) in [4.78, 5) is 27.6. The molecule has 0 spiro atoms. The van der Waals surface area contributed by atoms with Gasteiger partial charge in [-0.1, -0.05) is 83.9 Å². The van der Waals surface area contributed by atoms with E-state index >= 15 is 0 Å². The molecule has 0 saturated carbocycles. The zero-order chi connectivity index (χ0) is 24.6. The Bertz CT molecular complexity index is 1280. The first-order chi connectivity index (χ1) is 16.2. The van der Waals surface area contributed by atoms with Crippen molar-refractivity contribution < 1.29 is 9.59 Å². The highest BCUT2D eigenvalue weighted by Gasteiger charge is 2.23. The number of hydrogen-bond acceptors (Lipinski definition) is 2. The van der Waals surface area contributed by atoms with Crippen LogP contribution in [-0.4, -0.2) is 11.6 Å². The van der Waals surface area contributed by atoms with E-state index in [9.17, 15) is 9.59 Å². The molecule has 0 saturated heterocycles. The van der Waals surface area contributed by atoms with Crippen molar-refractivity contribution in [2.24, 2.45) is 0 Å². The second kappa shape index (κ2) is 9.23. The molecule has 0 aliphatic carbocycles. The predicted octanol–water partition coefficient (Wildman–Crippen LogP) is 7.67. The van der Waals surface area contributed by atoms with E-state index in [0.717, 1.165) is 55.6 Å². The van der Waals surface area contributed by atoms with Gasteiger partial charge < -0.3 is 0 Å². The maximum atomic E-state index is 13.8. The largest absolute Gasteiger partial charge is 0.289 e. The number of rotatable bonds is 5. The molecule has 0 atom stereocenters. The van der Waals surface area contributed by atoms with Crippen molar-refractivity contribution in [2.45, 2.75) is 41.5 Å². The minimum absolute atomic E-state index is 0.0180. The molecule has 0 radical (unpaired) electrons. The first-order valence-electron chi connectivity index (χ1n) is 11.6. The SMILES string of the molecule is Cc1cc(C)c(C(=O)c2ccccc2-c2ccccc2C(=O)c2c(C)cc(C)cc2C)c(C)c1. The van der Waals surface area contributed by atoms with Crippen LogP contribution in [0.1, 0.15) is 65.2 Å². The Labute approximate surface area is 202 Å². The molecular weight excluding hydrogens is 416 g/mol. The summed E-state index contributed by atoms with van der Waals surface area (Å²) in [5.74, 6) is -0.0360. The van der Waals surface area contributed by atoms with E-state index in [1.165, 1.54) is 0 Å². The quantitative estimate of drug-likeness (QED) is 0.295. The third kappa shape index (κ3) is 4.24. The van der Waals surface area contributed by atoms with Crippen LogP contribution in [0.3, 0.4) is 0 Å². The van der Waals surface area contributed by atoms with Gasteiger partial charge in [0.15, 0.2) is 11.6 Å². The second-order valence-electron chi connectivity index (χ2n) is 9.30. The summed E-state index contributed by atoms with van der Waals surface area (Å²) in [6, 6.07) is 23.4. The zero-order valence-corrected chi connectivity index (χ0v) is 20.7. The molecule has 170 valence electrons. The van der Waals surface area contributed by atoms with Gasteiger partial charge in [0.25, 0.3) is 0 Å². The van der Waals surface area contributed by atoms with Crippen LogP contribution < -0.4 is 0 Å². The summed E-state index contributed by atoms with van der Waals surface area (Å²) >= 11 is 0. The average molecular weight is 447 g/mol. The molecule has 4 aromatic rings. The highest BCUT2D eigenvalue weighted by atomic mass is 16.1. The molecule has 0 heterocycles. The lowest BCUT2D eigenvalue weighted by atomic mass is 9.85. The molecule has 0 fully saturated rings. The van der Waals surface area contributed by atoms with Crippen LogP contribution in [0.25, 0.3) is 11.1 Å². The highest BCUT2D eigenvalue weighted by Crippen LogP contribution is 2.32. The Morgan fingerprint density at radius 2 is 0.765 bits per heavy atom. The topological polar surface area (TPSA) is 34.1 Å². The summed E-state index contributed by atoms with van der Waals surface area (Å²) in [7, 11) is 0. The molecule has 0 aliphatic rings. The van der Waals surface area contributed by atoms with Crippen molar-refractivity contribution in [3.8, 4) is 11.1 Å². The Morgan fingerprint density at radius 1 is 0.471 bits per heavy atom. The van der Waals surface area contributed by atoms with Crippen LogP contribution in [0.4, 0.5) is 0 Å². The lowest BCUT2D eigenvalue weighted by molar-refractivity contribution is 0.102. The van der Waals surface area contributed by atoms with Gasteiger partial charge in [-0.3, -0.25) is 9.59 Å². The minimum Gasteiger partial charge on any atom is -0.289 e. The monoisotopic (exact) mass is 446 g/mol. The van der Waals surface area contributed by atoms with Crippen molar-refractivity contribution in [3.05, 3.63) is 128 Å². The van der Waals surface area contributed by atoms with Crippen molar-refractivity contribution in [1.29, 1.82) is 0 Å². The number of carbonyl (C=O) groups excluding carboxylic acids is 2. The molecular formula is C32H30O2. The zero-order valence-electron chi connectivity index (χ0n) is 20.7. The third-order valence-corrected chi connectivity index (χ3v) is 6.44. The van der Waals surface area contributed by atoms with E-state index in [1.54, 1.807) is 0 Å². The Morgan fingerprint density at radius 3 is 1.09 bits per heavy atom. The molecule has 0 aromatic heterocycles. The van der Waals surface area contributed by atoms with Gasteiger partial charge in [-0.2, -0.15) is 0 Å². The molecule has 0 amide bonds. The number of aryl methyl sites for hydroxylation is 6. The molecule has 2 heteroatoms. The summed E-state index contributed by atoms with van der Waals surface area (Å²) in [5.41, 5.74) is 10.4. The molecule has 4 rings (SSSR count). The predicted molar refractivity (Wildman–Crippen MR) is 140 cm³/mol. The number of carbonyl (C=O) groups is 2. The fraction of sp³-hybridized carbons (Fsp3) is 0.188. The van der Waals surface area contributed by atoms with Gasteiger partial charge >= 0.3 is 0 Å². The molecule has 0 aliphatic heterocycles. The molecule has 4 aromatic carbocycles. The fourth-order valence-corrected chi connectivity index (χ4v) is 5.18. The summed E-state index contributed by atoms with van der Waals surface area (Å²) < 4.78 is 0. The summed E-state index contributed by atoms with van der Waals surface area (Å²) in [6.07, 6.45) is 0. The van der Waals surface area contributed by atoms with Crippen LogP contribution in [0.5, 0.6) is 0 Å². The van der Waals surface area contributed by atoms with E-state index < -0.39 is 0 Å². The van der Waals surface area contributed by atoms with Gasteiger partial charge in [0.2, 0.25) is 0 Å². The Balaban J connectivity index is 1.89. The maximum absolute atomic E-state index is 13.8. The van der Waals surface area contributed by atoms with Gasteiger partial charge in [-0.15, -0.1) is 0 Å². The van der Waals surface area contributed by atoms with Crippen LogP contribution in [-0.2, 0) is 0 Å². The van der Waals surface area contributed by atoms with Crippen molar-refractivity contribution >= 4 is 11.6 Å². The van der Waals surface area contributed by atoms with E-state index in [0.29, 0.717) is 11.1 Å². The third-order valence-electron chi connectivity index (χ3n) is 6.44. The van der Waals surface area contributed by atoms with Crippen molar-refractivity contribution in [1.82, 2.24) is 0 Å². The fourth-order valence-electron chi connectivity index (χ4n) is 5.18. The van der Waals surface area contributed by atoms with E-state index in [2.05, 4.69) is 0 Å². The lowest BCUT2D eigenvalue weighted by Crippen LogP contribution is -2.11. The van der Waals surface area contributed by atoms with Crippen LogP contribution in [0, 0.1) is 41.5 Å². The van der Waals surface area contributed by atoms with Gasteiger partial charge in [0.05, 0.1) is 0 Å². The molecule has 0 N–H and O–H groups in total.